The SMILES string of the molecule is CN1CCN(c2nc(NS(=O)(=O)c3ccc(CC#N)cc3)c3ccccc3n2)CC1. The van der Waals surface area contributed by atoms with Crippen LogP contribution in [-0.4, -0.2) is 56.5 Å². The molecule has 8 nitrogen and oxygen atoms in total. The van der Waals surface area contributed by atoms with Crippen LogP contribution in [0.15, 0.2) is 53.4 Å². The summed E-state index contributed by atoms with van der Waals surface area (Å²) in [6.07, 6.45) is 0.235. The van der Waals surface area contributed by atoms with Gasteiger partial charge in [0.15, 0.2) is 5.82 Å². The monoisotopic (exact) mass is 422 g/mol. The fourth-order valence-corrected chi connectivity index (χ4v) is 4.38. The predicted molar refractivity (Wildman–Crippen MR) is 116 cm³/mol. The van der Waals surface area contributed by atoms with Gasteiger partial charge in [-0.15, -0.1) is 0 Å². The molecule has 1 saturated heterocycles. The molecule has 0 aliphatic carbocycles. The number of hydrogen-bond donors (Lipinski definition) is 1. The second-order valence-corrected chi connectivity index (χ2v) is 8.95. The zero-order valence-electron chi connectivity index (χ0n) is 16.6. The number of anilines is 2. The summed E-state index contributed by atoms with van der Waals surface area (Å²) in [5.41, 5.74) is 1.45. The number of hydrogen-bond acceptors (Lipinski definition) is 7. The van der Waals surface area contributed by atoms with Gasteiger partial charge < -0.3 is 9.80 Å². The predicted octanol–water partition coefficient (Wildman–Crippen LogP) is 2.25. The summed E-state index contributed by atoms with van der Waals surface area (Å²) >= 11 is 0. The lowest BCUT2D eigenvalue weighted by atomic mass is 10.2. The van der Waals surface area contributed by atoms with Crippen LogP contribution in [0.2, 0.25) is 0 Å². The summed E-state index contributed by atoms with van der Waals surface area (Å²) in [4.78, 5) is 13.6. The highest BCUT2D eigenvalue weighted by Crippen LogP contribution is 2.26. The van der Waals surface area contributed by atoms with E-state index in [0.717, 1.165) is 31.7 Å². The first kappa shape index (κ1) is 20.1. The lowest BCUT2D eigenvalue weighted by Gasteiger charge is -2.32. The first-order valence-electron chi connectivity index (χ1n) is 9.65. The number of nitriles is 1. The number of nitrogens with zero attached hydrogens (tertiary/aromatic N) is 5. The lowest BCUT2D eigenvalue weighted by molar-refractivity contribution is 0.311. The van der Waals surface area contributed by atoms with E-state index in [4.69, 9.17) is 5.26 Å². The Labute approximate surface area is 175 Å². The highest BCUT2D eigenvalue weighted by Gasteiger charge is 2.21. The molecule has 2 heterocycles. The normalized spacial score (nSPS) is 15.1. The molecule has 154 valence electrons. The third-order valence-corrected chi connectivity index (χ3v) is 6.48. The van der Waals surface area contributed by atoms with Crippen LogP contribution < -0.4 is 9.62 Å². The van der Waals surface area contributed by atoms with Crippen LogP contribution in [0, 0.1) is 11.3 Å². The third-order valence-electron chi connectivity index (χ3n) is 5.13. The highest BCUT2D eigenvalue weighted by molar-refractivity contribution is 7.92. The van der Waals surface area contributed by atoms with Crippen molar-refractivity contribution < 1.29 is 8.42 Å². The molecule has 0 radical (unpaired) electrons. The molecule has 2 aromatic carbocycles. The molecule has 4 rings (SSSR count). The first-order valence-corrected chi connectivity index (χ1v) is 11.1. The molecular weight excluding hydrogens is 400 g/mol. The minimum atomic E-state index is -3.84. The number of aromatic nitrogens is 2. The van der Waals surface area contributed by atoms with E-state index in [1.807, 2.05) is 18.2 Å². The van der Waals surface area contributed by atoms with Crippen LogP contribution in [0.5, 0.6) is 0 Å². The van der Waals surface area contributed by atoms with E-state index >= 15 is 0 Å². The molecular formula is C21H22N6O2S. The van der Waals surface area contributed by atoms with E-state index in [9.17, 15) is 8.42 Å². The van der Waals surface area contributed by atoms with Crippen LogP contribution in [0.25, 0.3) is 10.9 Å². The zero-order chi connectivity index (χ0) is 21.1. The average molecular weight is 423 g/mol. The highest BCUT2D eigenvalue weighted by atomic mass is 32.2. The van der Waals surface area contributed by atoms with Crippen molar-refractivity contribution in [1.82, 2.24) is 14.9 Å². The van der Waals surface area contributed by atoms with Crippen LogP contribution in [0.3, 0.4) is 0 Å². The molecule has 3 aromatic rings. The summed E-state index contributed by atoms with van der Waals surface area (Å²) in [6.45, 7) is 3.35. The van der Waals surface area contributed by atoms with E-state index in [-0.39, 0.29) is 17.1 Å². The summed E-state index contributed by atoms with van der Waals surface area (Å²) in [7, 11) is -1.77. The van der Waals surface area contributed by atoms with Gasteiger partial charge in [-0.25, -0.2) is 13.4 Å². The summed E-state index contributed by atoms with van der Waals surface area (Å²) < 4.78 is 28.6. The van der Waals surface area contributed by atoms with Gasteiger partial charge in [-0.05, 0) is 36.9 Å². The molecule has 0 bridgehead atoms. The van der Waals surface area contributed by atoms with Crippen molar-refractivity contribution in [2.75, 3.05) is 42.8 Å². The number of fused-ring (bicyclic) bond motifs is 1. The van der Waals surface area contributed by atoms with E-state index in [1.165, 1.54) is 12.1 Å². The Morgan fingerprint density at radius 2 is 1.73 bits per heavy atom. The Morgan fingerprint density at radius 1 is 1.03 bits per heavy atom. The van der Waals surface area contributed by atoms with Crippen molar-refractivity contribution in [2.45, 2.75) is 11.3 Å². The number of nitrogens with one attached hydrogen (secondary N) is 1. The van der Waals surface area contributed by atoms with Crippen LogP contribution in [0.1, 0.15) is 5.56 Å². The number of piperazine rings is 1. The van der Waals surface area contributed by atoms with E-state index in [1.54, 1.807) is 18.2 Å². The number of rotatable bonds is 5. The van der Waals surface area contributed by atoms with Crippen molar-refractivity contribution in [3.8, 4) is 6.07 Å². The third kappa shape index (κ3) is 4.20. The van der Waals surface area contributed by atoms with Gasteiger partial charge in [0.2, 0.25) is 5.95 Å². The van der Waals surface area contributed by atoms with Gasteiger partial charge in [0.1, 0.15) is 0 Å². The molecule has 0 spiro atoms. The maximum absolute atomic E-state index is 13.0. The molecule has 0 saturated carbocycles. The number of para-hydroxylation sites is 1. The molecule has 0 unspecified atom stereocenters. The second kappa shape index (κ2) is 8.26. The minimum absolute atomic E-state index is 0.119. The smallest absolute Gasteiger partial charge is 0.263 e. The molecule has 9 heteroatoms. The number of likely N-dealkylation sites (N-methyl/N-ethyl adjacent to an activating group) is 1. The Hall–Kier alpha value is -3.22. The van der Waals surface area contributed by atoms with E-state index < -0.39 is 10.0 Å². The summed E-state index contributed by atoms with van der Waals surface area (Å²) in [5, 5.41) is 9.43. The number of sulfonamides is 1. The molecule has 0 amide bonds. The first-order chi connectivity index (χ1) is 14.5. The molecule has 1 aromatic heterocycles. The van der Waals surface area contributed by atoms with Gasteiger partial charge in [0, 0.05) is 31.6 Å². The molecule has 1 N–H and O–H groups in total. The van der Waals surface area contributed by atoms with Crippen molar-refractivity contribution in [3.63, 3.8) is 0 Å². The van der Waals surface area contributed by atoms with Gasteiger partial charge >= 0.3 is 0 Å². The Morgan fingerprint density at radius 3 is 2.43 bits per heavy atom. The fourth-order valence-electron chi connectivity index (χ4n) is 3.35. The van der Waals surface area contributed by atoms with Crippen molar-refractivity contribution in [1.29, 1.82) is 5.26 Å². The maximum atomic E-state index is 13.0. The van der Waals surface area contributed by atoms with Gasteiger partial charge in [0.25, 0.3) is 10.0 Å². The van der Waals surface area contributed by atoms with Crippen molar-refractivity contribution in [3.05, 3.63) is 54.1 Å². The minimum Gasteiger partial charge on any atom is -0.338 e. The lowest BCUT2D eigenvalue weighted by Crippen LogP contribution is -2.45. The van der Waals surface area contributed by atoms with Gasteiger partial charge in [-0.3, -0.25) is 4.72 Å². The van der Waals surface area contributed by atoms with Crippen LogP contribution >= 0.6 is 0 Å². The quantitative estimate of drug-likeness (QED) is 0.673. The average Bonchev–Trinajstić information content (AvgIpc) is 2.74. The molecule has 30 heavy (non-hydrogen) atoms. The summed E-state index contributed by atoms with van der Waals surface area (Å²) in [6, 6.07) is 15.7. The molecule has 0 atom stereocenters. The molecule has 1 aliphatic heterocycles. The Balaban J connectivity index is 1.69. The van der Waals surface area contributed by atoms with Gasteiger partial charge in [-0.2, -0.15) is 10.2 Å². The Kier molecular flexibility index (Phi) is 5.53. The molecule has 1 fully saturated rings. The van der Waals surface area contributed by atoms with E-state index in [0.29, 0.717) is 16.9 Å². The van der Waals surface area contributed by atoms with Gasteiger partial charge in [0.05, 0.1) is 22.9 Å². The largest absolute Gasteiger partial charge is 0.338 e. The van der Waals surface area contributed by atoms with Crippen molar-refractivity contribution in [2.24, 2.45) is 0 Å². The topological polar surface area (TPSA) is 102 Å². The maximum Gasteiger partial charge on any atom is 0.263 e. The molecule has 1 aliphatic rings. The summed E-state index contributed by atoms with van der Waals surface area (Å²) in [5.74, 6) is 0.777. The van der Waals surface area contributed by atoms with Crippen LogP contribution in [-0.2, 0) is 16.4 Å². The Bertz CT molecular complexity index is 1200. The van der Waals surface area contributed by atoms with Crippen LogP contribution in [0.4, 0.5) is 11.8 Å². The number of benzene rings is 2. The second-order valence-electron chi connectivity index (χ2n) is 7.26. The van der Waals surface area contributed by atoms with E-state index in [2.05, 4.69) is 37.6 Å². The van der Waals surface area contributed by atoms with Crippen molar-refractivity contribution >= 4 is 32.7 Å². The standard InChI is InChI=1S/C21H22N6O2S/c1-26-12-14-27(15-13-26)21-23-19-5-3-2-4-18(19)20(24-21)25-30(28,29)17-8-6-16(7-9-17)10-11-22/h2-9H,10,12-15H2,1H3,(H,23,24,25). The zero-order valence-corrected chi connectivity index (χ0v) is 17.4. The fraction of sp³-hybridized carbons (Fsp3) is 0.286. The van der Waals surface area contributed by atoms with Gasteiger partial charge in [-0.1, -0.05) is 24.3 Å².